The highest BCUT2D eigenvalue weighted by molar-refractivity contribution is 5.82. The molecular weight excluding hydrogens is 220 g/mol. The maximum Gasteiger partial charge on any atom is 0.239 e. The number of nitrogens with one attached hydrogen (secondary N) is 1. The molecule has 0 aliphatic carbocycles. The first-order chi connectivity index (χ1) is 8.31. The summed E-state index contributed by atoms with van der Waals surface area (Å²) in [6, 6.07) is -0.219. The lowest BCUT2D eigenvalue weighted by Crippen LogP contribution is -2.46. The van der Waals surface area contributed by atoms with E-state index in [2.05, 4.69) is 5.32 Å². The molecule has 2 aliphatic heterocycles. The molecule has 0 aromatic rings. The maximum atomic E-state index is 12.2. The Morgan fingerprint density at radius 2 is 2.35 bits per heavy atom. The molecular formula is C12H22N2O3. The van der Waals surface area contributed by atoms with Crippen molar-refractivity contribution in [3.8, 4) is 0 Å². The van der Waals surface area contributed by atoms with Gasteiger partial charge in [-0.25, -0.2) is 0 Å². The molecule has 2 N–H and O–H groups in total. The van der Waals surface area contributed by atoms with Crippen molar-refractivity contribution in [1.82, 2.24) is 10.2 Å². The van der Waals surface area contributed by atoms with Crippen molar-refractivity contribution in [3.63, 3.8) is 0 Å². The van der Waals surface area contributed by atoms with Gasteiger partial charge in [0.15, 0.2) is 0 Å². The third kappa shape index (κ3) is 3.40. The van der Waals surface area contributed by atoms with Crippen LogP contribution in [0.15, 0.2) is 0 Å². The standard InChI is InChI=1S/C12H22N2O3/c15-7-4-11-12(16)14(6-2-5-13-11)9-10-3-1-8-17-10/h10-11,13,15H,1-9H2. The topological polar surface area (TPSA) is 61.8 Å². The molecule has 98 valence electrons. The van der Waals surface area contributed by atoms with E-state index in [0.29, 0.717) is 13.0 Å². The van der Waals surface area contributed by atoms with Crippen molar-refractivity contribution in [1.29, 1.82) is 0 Å². The molecule has 2 fully saturated rings. The fourth-order valence-electron chi connectivity index (χ4n) is 2.53. The molecule has 2 heterocycles. The number of hydrogen-bond acceptors (Lipinski definition) is 4. The van der Waals surface area contributed by atoms with Gasteiger partial charge in [-0.15, -0.1) is 0 Å². The van der Waals surface area contributed by atoms with Crippen LogP contribution in [-0.2, 0) is 9.53 Å². The molecule has 2 saturated heterocycles. The fraction of sp³-hybridized carbons (Fsp3) is 0.917. The Morgan fingerprint density at radius 3 is 3.06 bits per heavy atom. The summed E-state index contributed by atoms with van der Waals surface area (Å²) in [5, 5.41) is 12.2. The van der Waals surface area contributed by atoms with Gasteiger partial charge >= 0.3 is 0 Å². The molecule has 5 nitrogen and oxygen atoms in total. The average Bonchev–Trinajstić information content (AvgIpc) is 2.77. The molecule has 0 saturated carbocycles. The third-order valence-electron chi connectivity index (χ3n) is 3.47. The Bertz CT molecular complexity index is 254. The lowest BCUT2D eigenvalue weighted by atomic mass is 10.1. The Hall–Kier alpha value is -0.650. The fourth-order valence-corrected chi connectivity index (χ4v) is 2.53. The highest BCUT2D eigenvalue weighted by atomic mass is 16.5. The zero-order valence-electron chi connectivity index (χ0n) is 10.2. The molecule has 0 aromatic heterocycles. The first-order valence-corrected chi connectivity index (χ1v) is 6.56. The molecule has 1 amide bonds. The number of aliphatic hydroxyl groups excluding tert-OH is 1. The van der Waals surface area contributed by atoms with Crippen LogP contribution in [0, 0.1) is 0 Å². The van der Waals surface area contributed by atoms with Crippen molar-refractivity contribution < 1.29 is 14.6 Å². The monoisotopic (exact) mass is 242 g/mol. The minimum atomic E-state index is -0.219. The molecule has 2 unspecified atom stereocenters. The van der Waals surface area contributed by atoms with Crippen LogP contribution in [0.2, 0.25) is 0 Å². The van der Waals surface area contributed by atoms with Crippen molar-refractivity contribution >= 4 is 5.91 Å². The van der Waals surface area contributed by atoms with Gasteiger partial charge in [-0.05, 0) is 32.2 Å². The number of rotatable bonds is 4. The number of aliphatic hydroxyl groups is 1. The molecule has 2 aliphatic rings. The molecule has 0 aromatic carbocycles. The molecule has 0 radical (unpaired) electrons. The number of ether oxygens (including phenoxy) is 1. The van der Waals surface area contributed by atoms with Crippen molar-refractivity contribution in [2.24, 2.45) is 0 Å². The largest absolute Gasteiger partial charge is 0.396 e. The summed E-state index contributed by atoms with van der Waals surface area (Å²) in [5.41, 5.74) is 0. The van der Waals surface area contributed by atoms with Crippen LogP contribution in [0.3, 0.4) is 0 Å². The summed E-state index contributed by atoms with van der Waals surface area (Å²) in [6.45, 7) is 3.23. The Labute approximate surface area is 102 Å². The van der Waals surface area contributed by atoms with Gasteiger partial charge in [-0.3, -0.25) is 4.79 Å². The summed E-state index contributed by atoms with van der Waals surface area (Å²) in [4.78, 5) is 14.1. The van der Waals surface area contributed by atoms with Gasteiger partial charge in [0.25, 0.3) is 0 Å². The molecule has 5 heteroatoms. The smallest absolute Gasteiger partial charge is 0.239 e. The van der Waals surface area contributed by atoms with E-state index in [1.165, 1.54) is 0 Å². The van der Waals surface area contributed by atoms with Crippen LogP contribution < -0.4 is 5.32 Å². The summed E-state index contributed by atoms with van der Waals surface area (Å²) in [6.07, 6.45) is 3.85. The van der Waals surface area contributed by atoms with Gasteiger partial charge in [-0.1, -0.05) is 0 Å². The molecule has 2 atom stereocenters. The number of carbonyl (C=O) groups excluding carboxylic acids is 1. The van der Waals surface area contributed by atoms with Gasteiger partial charge in [0, 0.05) is 26.3 Å². The van der Waals surface area contributed by atoms with E-state index >= 15 is 0 Å². The summed E-state index contributed by atoms with van der Waals surface area (Å²) >= 11 is 0. The van der Waals surface area contributed by atoms with Gasteiger partial charge < -0.3 is 20.1 Å². The Balaban J connectivity index is 1.91. The molecule has 2 rings (SSSR count). The van der Waals surface area contributed by atoms with E-state index in [1.54, 1.807) is 0 Å². The number of carbonyl (C=O) groups is 1. The van der Waals surface area contributed by atoms with Crippen LogP contribution in [0.5, 0.6) is 0 Å². The van der Waals surface area contributed by atoms with Gasteiger partial charge in [0.2, 0.25) is 5.91 Å². The number of amides is 1. The normalized spacial score (nSPS) is 30.6. The third-order valence-corrected chi connectivity index (χ3v) is 3.47. The maximum absolute atomic E-state index is 12.2. The van der Waals surface area contributed by atoms with Crippen LogP contribution >= 0.6 is 0 Å². The zero-order valence-corrected chi connectivity index (χ0v) is 10.2. The minimum absolute atomic E-state index is 0.0528. The lowest BCUT2D eigenvalue weighted by molar-refractivity contribution is -0.134. The summed E-state index contributed by atoms with van der Waals surface area (Å²) in [7, 11) is 0. The van der Waals surface area contributed by atoms with E-state index < -0.39 is 0 Å². The first kappa shape index (κ1) is 12.8. The van der Waals surface area contributed by atoms with E-state index in [9.17, 15) is 4.79 Å². The van der Waals surface area contributed by atoms with E-state index in [1.807, 2.05) is 4.90 Å². The van der Waals surface area contributed by atoms with Gasteiger partial charge in [-0.2, -0.15) is 0 Å². The average molecular weight is 242 g/mol. The Morgan fingerprint density at radius 1 is 1.47 bits per heavy atom. The van der Waals surface area contributed by atoms with Gasteiger partial charge in [0.05, 0.1) is 12.1 Å². The van der Waals surface area contributed by atoms with Crippen LogP contribution in [0.4, 0.5) is 0 Å². The predicted octanol–water partition coefficient (Wildman–Crippen LogP) is -0.262. The second kappa shape index (κ2) is 6.33. The molecule has 0 spiro atoms. The second-order valence-corrected chi connectivity index (χ2v) is 4.79. The van der Waals surface area contributed by atoms with Crippen LogP contribution in [0.1, 0.15) is 25.7 Å². The van der Waals surface area contributed by atoms with E-state index in [0.717, 1.165) is 39.0 Å². The molecule has 17 heavy (non-hydrogen) atoms. The van der Waals surface area contributed by atoms with Crippen molar-refractivity contribution in [2.45, 2.75) is 37.8 Å². The number of hydrogen-bond donors (Lipinski definition) is 2. The van der Waals surface area contributed by atoms with Crippen LogP contribution in [0.25, 0.3) is 0 Å². The first-order valence-electron chi connectivity index (χ1n) is 6.56. The zero-order chi connectivity index (χ0) is 12.1. The second-order valence-electron chi connectivity index (χ2n) is 4.79. The Kier molecular flexibility index (Phi) is 4.76. The van der Waals surface area contributed by atoms with Crippen LogP contribution in [-0.4, -0.2) is 60.9 Å². The summed E-state index contributed by atoms with van der Waals surface area (Å²) < 4.78 is 5.58. The predicted molar refractivity (Wildman–Crippen MR) is 63.7 cm³/mol. The number of nitrogens with zero attached hydrogens (tertiary/aromatic N) is 1. The molecule has 0 bridgehead atoms. The van der Waals surface area contributed by atoms with E-state index in [-0.39, 0.29) is 24.7 Å². The van der Waals surface area contributed by atoms with Crippen molar-refractivity contribution in [2.75, 3.05) is 32.8 Å². The van der Waals surface area contributed by atoms with Gasteiger partial charge in [0.1, 0.15) is 0 Å². The van der Waals surface area contributed by atoms with E-state index in [4.69, 9.17) is 9.84 Å². The quantitative estimate of drug-likeness (QED) is 0.713. The highest BCUT2D eigenvalue weighted by Crippen LogP contribution is 2.15. The van der Waals surface area contributed by atoms with Crippen molar-refractivity contribution in [3.05, 3.63) is 0 Å². The lowest BCUT2D eigenvalue weighted by Gasteiger charge is -2.26. The SMILES string of the molecule is O=C1C(CCO)NCCCN1CC1CCCO1. The highest BCUT2D eigenvalue weighted by Gasteiger charge is 2.28. The minimum Gasteiger partial charge on any atom is -0.396 e. The summed E-state index contributed by atoms with van der Waals surface area (Å²) in [5.74, 6) is 0.118.